The van der Waals surface area contributed by atoms with Gasteiger partial charge < -0.3 is 14.8 Å². The van der Waals surface area contributed by atoms with Crippen LogP contribution in [0.15, 0.2) is 0 Å². The molecule has 5 heteroatoms. The zero-order chi connectivity index (χ0) is 13.0. The quantitative estimate of drug-likeness (QED) is 0.834. The normalized spacial score (nSPS) is 31.1. The Labute approximate surface area is 112 Å². The van der Waals surface area contributed by atoms with E-state index in [-0.39, 0.29) is 5.60 Å². The van der Waals surface area contributed by atoms with Crippen molar-refractivity contribution in [3.05, 3.63) is 0 Å². The lowest BCUT2D eigenvalue weighted by atomic mass is 9.84. The molecule has 2 saturated heterocycles. The van der Waals surface area contributed by atoms with E-state index in [2.05, 4.69) is 12.2 Å². The molecule has 3 unspecified atom stereocenters. The van der Waals surface area contributed by atoms with Crippen LogP contribution in [0.4, 0.5) is 0 Å². The summed E-state index contributed by atoms with van der Waals surface area (Å²) in [7, 11) is -0.727. The predicted molar refractivity (Wildman–Crippen MR) is 73.3 cm³/mol. The summed E-state index contributed by atoms with van der Waals surface area (Å²) in [5, 5.41) is 3.61. The Morgan fingerprint density at radius 3 is 2.78 bits per heavy atom. The van der Waals surface area contributed by atoms with Gasteiger partial charge in [-0.15, -0.1) is 0 Å². The van der Waals surface area contributed by atoms with Gasteiger partial charge in [0, 0.05) is 54.7 Å². The van der Waals surface area contributed by atoms with E-state index < -0.39 is 10.8 Å². The predicted octanol–water partition coefficient (Wildman–Crippen LogP) is 1.07. The molecule has 2 aliphatic rings. The van der Waals surface area contributed by atoms with Gasteiger partial charge in [0.2, 0.25) is 0 Å². The fourth-order valence-corrected chi connectivity index (χ4v) is 3.86. The van der Waals surface area contributed by atoms with E-state index in [1.807, 2.05) is 0 Å². The van der Waals surface area contributed by atoms with Gasteiger partial charge in [0.25, 0.3) is 0 Å². The van der Waals surface area contributed by atoms with E-state index in [1.165, 1.54) is 0 Å². The smallest absolute Gasteiger partial charge is 0.0741 e. The molecule has 0 aromatic rings. The Bertz CT molecular complexity index is 286. The van der Waals surface area contributed by atoms with Crippen LogP contribution in [-0.2, 0) is 20.3 Å². The summed E-state index contributed by atoms with van der Waals surface area (Å²) in [6, 6.07) is 0.811. The van der Waals surface area contributed by atoms with E-state index in [0.29, 0.717) is 12.1 Å². The lowest BCUT2D eigenvalue weighted by molar-refractivity contribution is -0.140. The van der Waals surface area contributed by atoms with Crippen LogP contribution in [-0.4, -0.2) is 53.7 Å². The van der Waals surface area contributed by atoms with Gasteiger partial charge in [-0.05, 0) is 32.6 Å². The van der Waals surface area contributed by atoms with Gasteiger partial charge in [0.1, 0.15) is 0 Å². The molecule has 18 heavy (non-hydrogen) atoms. The lowest BCUT2D eigenvalue weighted by Crippen LogP contribution is -2.52. The third kappa shape index (κ3) is 4.02. The van der Waals surface area contributed by atoms with Gasteiger partial charge in [-0.2, -0.15) is 0 Å². The molecule has 0 saturated carbocycles. The first kappa shape index (κ1) is 14.4. The number of ether oxygens (including phenoxy) is 2. The molecule has 2 aliphatic heterocycles. The molecule has 2 rings (SSSR count). The van der Waals surface area contributed by atoms with E-state index >= 15 is 0 Å². The van der Waals surface area contributed by atoms with Gasteiger partial charge in [-0.1, -0.05) is 0 Å². The van der Waals surface area contributed by atoms with Crippen LogP contribution >= 0.6 is 0 Å². The first-order valence-electron chi connectivity index (χ1n) is 6.87. The Morgan fingerprint density at radius 1 is 1.39 bits per heavy atom. The van der Waals surface area contributed by atoms with Crippen molar-refractivity contribution in [2.24, 2.45) is 0 Å². The van der Waals surface area contributed by atoms with Crippen molar-refractivity contribution < 1.29 is 13.7 Å². The highest BCUT2D eigenvalue weighted by atomic mass is 32.2. The summed E-state index contributed by atoms with van der Waals surface area (Å²) < 4.78 is 22.7. The minimum absolute atomic E-state index is 0.0409. The zero-order valence-electron chi connectivity index (χ0n) is 11.4. The summed E-state index contributed by atoms with van der Waals surface area (Å²) in [5.41, 5.74) is 0.0409. The molecule has 2 fully saturated rings. The molecular weight excluding hydrogens is 250 g/mol. The maximum absolute atomic E-state index is 11.2. The minimum atomic E-state index is -0.727. The highest BCUT2D eigenvalue weighted by Gasteiger charge is 2.39. The van der Waals surface area contributed by atoms with Crippen LogP contribution in [0.1, 0.15) is 32.6 Å². The molecule has 0 bridgehead atoms. The SMILES string of the molecule is CC(CS(C)=O)NC1CCOC2(CCOCC2)C1. The Kier molecular flexibility index (Phi) is 5.18. The van der Waals surface area contributed by atoms with Crippen molar-refractivity contribution in [1.29, 1.82) is 0 Å². The molecule has 0 radical (unpaired) electrons. The van der Waals surface area contributed by atoms with E-state index in [1.54, 1.807) is 6.26 Å². The summed E-state index contributed by atoms with van der Waals surface area (Å²) in [5.74, 6) is 0.730. The highest BCUT2D eigenvalue weighted by Crippen LogP contribution is 2.34. The van der Waals surface area contributed by atoms with Crippen molar-refractivity contribution in [2.75, 3.05) is 31.8 Å². The van der Waals surface area contributed by atoms with Crippen LogP contribution < -0.4 is 5.32 Å². The van der Waals surface area contributed by atoms with E-state index in [4.69, 9.17) is 9.47 Å². The Morgan fingerprint density at radius 2 is 2.11 bits per heavy atom. The van der Waals surface area contributed by atoms with Gasteiger partial charge >= 0.3 is 0 Å². The topological polar surface area (TPSA) is 47.6 Å². The monoisotopic (exact) mass is 275 g/mol. The molecule has 3 atom stereocenters. The molecule has 0 amide bonds. The molecule has 2 heterocycles. The maximum Gasteiger partial charge on any atom is 0.0741 e. The third-order valence-electron chi connectivity index (χ3n) is 3.90. The standard InChI is InChI=1S/C13H25NO3S/c1-11(10-18(2)15)14-12-3-6-17-13(9-12)4-7-16-8-5-13/h11-12,14H,3-10H2,1-2H3. The van der Waals surface area contributed by atoms with E-state index in [0.717, 1.165) is 51.3 Å². The van der Waals surface area contributed by atoms with Crippen LogP contribution in [0, 0.1) is 0 Å². The van der Waals surface area contributed by atoms with Gasteiger partial charge in [0.15, 0.2) is 0 Å². The Balaban J connectivity index is 1.84. The van der Waals surface area contributed by atoms with Crippen molar-refractivity contribution in [1.82, 2.24) is 5.32 Å². The largest absolute Gasteiger partial charge is 0.381 e. The summed E-state index contributed by atoms with van der Waals surface area (Å²) in [6.07, 6.45) is 5.92. The van der Waals surface area contributed by atoms with Crippen molar-refractivity contribution in [3.8, 4) is 0 Å². The van der Waals surface area contributed by atoms with Gasteiger partial charge in [-0.3, -0.25) is 4.21 Å². The molecule has 0 aromatic heterocycles. The van der Waals surface area contributed by atoms with Crippen LogP contribution in [0.2, 0.25) is 0 Å². The molecular formula is C13H25NO3S. The number of hydrogen-bond donors (Lipinski definition) is 1. The molecule has 1 N–H and O–H groups in total. The second kappa shape index (κ2) is 6.46. The average molecular weight is 275 g/mol. The molecule has 106 valence electrons. The molecule has 4 nitrogen and oxygen atoms in total. The van der Waals surface area contributed by atoms with Crippen LogP contribution in [0.5, 0.6) is 0 Å². The fourth-order valence-electron chi connectivity index (χ4n) is 3.06. The Hall–Kier alpha value is 0.0300. The van der Waals surface area contributed by atoms with Crippen molar-refractivity contribution >= 4 is 10.8 Å². The summed E-state index contributed by atoms with van der Waals surface area (Å²) in [4.78, 5) is 0. The summed E-state index contributed by atoms with van der Waals surface area (Å²) >= 11 is 0. The first-order valence-corrected chi connectivity index (χ1v) is 8.60. The van der Waals surface area contributed by atoms with Gasteiger partial charge in [-0.25, -0.2) is 0 Å². The minimum Gasteiger partial charge on any atom is -0.381 e. The molecule has 1 spiro atoms. The number of rotatable bonds is 4. The van der Waals surface area contributed by atoms with Gasteiger partial charge in [0.05, 0.1) is 5.60 Å². The second-order valence-corrected chi connectivity index (χ2v) is 7.12. The zero-order valence-corrected chi connectivity index (χ0v) is 12.3. The van der Waals surface area contributed by atoms with E-state index in [9.17, 15) is 4.21 Å². The highest BCUT2D eigenvalue weighted by molar-refractivity contribution is 7.84. The van der Waals surface area contributed by atoms with Crippen molar-refractivity contribution in [3.63, 3.8) is 0 Å². The second-order valence-electron chi connectivity index (χ2n) is 5.64. The van der Waals surface area contributed by atoms with Crippen molar-refractivity contribution in [2.45, 2.75) is 50.3 Å². The van der Waals surface area contributed by atoms with Crippen LogP contribution in [0.25, 0.3) is 0 Å². The first-order chi connectivity index (χ1) is 8.60. The number of nitrogens with one attached hydrogen (secondary N) is 1. The summed E-state index contributed by atoms with van der Waals surface area (Å²) in [6.45, 7) is 4.59. The van der Waals surface area contributed by atoms with Crippen LogP contribution in [0.3, 0.4) is 0 Å². The third-order valence-corrected chi connectivity index (χ3v) is 4.87. The fraction of sp³-hybridized carbons (Fsp3) is 1.00. The lowest BCUT2D eigenvalue weighted by Gasteiger charge is -2.44. The average Bonchev–Trinajstić information content (AvgIpc) is 2.28. The molecule has 0 aliphatic carbocycles. The number of hydrogen-bond acceptors (Lipinski definition) is 4. The maximum atomic E-state index is 11.2. The molecule has 0 aromatic carbocycles.